The second-order valence-corrected chi connectivity index (χ2v) is 6.15. The third-order valence-electron chi connectivity index (χ3n) is 2.57. The highest BCUT2D eigenvalue weighted by Gasteiger charge is 2.19. The first-order valence-electron chi connectivity index (χ1n) is 5.37. The van der Waals surface area contributed by atoms with Gasteiger partial charge in [0.05, 0.1) is 11.3 Å². The van der Waals surface area contributed by atoms with E-state index in [0.717, 1.165) is 0 Å². The number of ether oxygens (including phenoxy) is 1. The fourth-order valence-corrected chi connectivity index (χ4v) is 2.05. The number of sulfonamides is 1. The molecule has 6 nitrogen and oxygen atoms in total. The molecule has 0 bridgehead atoms. The van der Waals surface area contributed by atoms with E-state index in [0.29, 0.717) is 17.9 Å². The van der Waals surface area contributed by atoms with Gasteiger partial charge >= 0.3 is 0 Å². The van der Waals surface area contributed by atoms with Gasteiger partial charge in [-0.15, -0.1) is 0 Å². The van der Waals surface area contributed by atoms with Gasteiger partial charge in [0.1, 0.15) is 4.90 Å². The van der Waals surface area contributed by atoms with Crippen molar-refractivity contribution in [2.45, 2.75) is 24.3 Å². The van der Waals surface area contributed by atoms with Crippen LogP contribution in [0.15, 0.2) is 23.1 Å². The van der Waals surface area contributed by atoms with Gasteiger partial charge in [-0.2, -0.15) is 0 Å². The van der Waals surface area contributed by atoms with E-state index in [9.17, 15) is 8.42 Å². The number of methoxy groups -OCH3 is 1. The van der Waals surface area contributed by atoms with Crippen molar-refractivity contribution in [3.63, 3.8) is 0 Å². The Morgan fingerprint density at radius 2 is 2.00 bits per heavy atom. The highest BCUT2D eigenvalue weighted by Crippen LogP contribution is 2.23. The maximum atomic E-state index is 11.5. The Balaban J connectivity index is 3.03. The molecule has 0 saturated carbocycles. The van der Waals surface area contributed by atoms with E-state index in [1.165, 1.54) is 6.07 Å². The Hall–Kier alpha value is -1.31. The normalized spacial score (nSPS) is 12.4. The second-order valence-electron chi connectivity index (χ2n) is 4.62. The fourth-order valence-electron chi connectivity index (χ4n) is 1.30. The molecule has 5 N–H and O–H groups in total. The summed E-state index contributed by atoms with van der Waals surface area (Å²) in [4.78, 5) is -0.0191. The molecule has 0 unspecified atom stereocenters. The molecule has 102 valence electrons. The highest BCUT2D eigenvalue weighted by atomic mass is 32.2. The van der Waals surface area contributed by atoms with Gasteiger partial charge in [-0.3, -0.25) is 0 Å². The van der Waals surface area contributed by atoms with Crippen molar-refractivity contribution in [3.8, 4) is 0 Å². The van der Waals surface area contributed by atoms with Crippen LogP contribution in [-0.4, -0.2) is 27.7 Å². The molecular formula is C11H19N3O3S. The Morgan fingerprint density at radius 1 is 1.39 bits per heavy atom. The van der Waals surface area contributed by atoms with Gasteiger partial charge in [-0.05, 0) is 32.0 Å². The second kappa shape index (κ2) is 5.13. The minimum absolute atomic E-state index is 0.0191. The van der Waals surface area contributed by atoms with Crippen LogP contribution in [0.25, 0.3) is 0 Å². The molecule has 0 aliphatic carbocycles. The number of nitrogens with one attached hydrogen (secondary N) is 1. The topological polar surface area (TPSA) is 107 Å². The lowest BCUT2D eigenvalue weighted by Gasteiger charge is -2.24. The summed E-state index contributed by atoms with van der Waals surface area (Å²) in [6.07, 6.45) is 0. The number of nitrogen functional groups attached to an aromatic ring is 1. The van der Waals surface area contributed by atoms with E-state index in [-0.39, 0.29) is 4.90 Å². The molecule has 0 amide bonds. The minimum atomic E-state index is -3.81. The van der Waals surface area contributed by atoms with Crippen molar-refractivity contribution < 1.29 is 13.2 Å². The summed E-state index contributed by atoms with van der Waals surface area (Å²) in [7, 11) is -2.23. The number of anilines is 2. The zero-order valence-electron chi connectivity index (χ0n) is 10.7. The Kier molecular flexibility index (Phi) is 4.20. The average Bonchev–Trinajstić information content (AvgIpc) is 2.26. The average molecular weight is 273 g/mol. The zero-order valence-corrected chi connectivity index (χ0v) is 11.5. The number of hydrogen-bond acceptors (Lipinski definition) is 5. The van der Waals surface area contributed by atoms with Crippen molar-refractivity contribution in [2.24, 2.45) is 5.14 Å². The predicted molar refractivity (Wildman–Crippen MR) is 71.8 cm³/mol. The zero-order chi connectivity index (χ0) is 14.0. The summed E-state index contributed by atoms with van der Waals surface area (Å²) in [5, 5.41) is 8.14. The minimum Gasteiger partial charge on any atom is -0.399 e. The third kappa shape index (κ3) is 3.86. The van der Waals surface area contributed by atoms with Crippen molar-refractivity contribution in [2.75, 3.05) is 24.7 Å². The Morgan fingerprint density at radius 3 is 2.50 bits per heavy atom. The number of benzene rings is 1. The third-order valence-corrected chi connectivity index (χ3v) is 3.52. The number of rotatable bonds is 5. The number of nitrogens with two attached hydrogens (primary N) is 2. The van der Waals surface area contributed by atoms with Crippen LogP contribution in [0.4, 0.5) is 11.4 Å². The maximum absolute atomic E-state index is 11.5. The van der Waals surface area contributed by atoms with Crippen LogP contribution in [0, 0.1) is 0 Å². The van der Waals surface area contributed by atoms with Crippen LogP contribution in [0.5, 0.6) is 0 Å². The van der Waals surface area contributed by atoms with Gasteiger partial charge in [0, 0.05) is 19.3 Å². The predicted octanol–water partition coefficient (Wildman–Crippen LogP) is 0.753. The summed E-state index contributed by atoms with van der Waals surface area (Å²) in [6, 6.07) is 4.52. The standard InChI is InChI=1S/C11H19N3O3S/c1-11(2,17-3)7-14-9-5-4-8(12)6-10(9)18(13,15)16/h4-6,14H,7,12H2,1-3H3,(H2,13,15,16). The lowest BCUT2D eigenvalue weighted by molar-refractivity contribution is 0.0343. The summed E-state index contributed by atoms with van der Waals surface area (Å²) >= 11 is 0. The van der Waals surface area contributed by atoms with Gasteiger partial charge in [0.15, 0.2) is 0 Å². The first kappa shape index (κ1) is 14.7. The van der Waals surface area contributed by atoms with Gasteiger partial charge in [-0.25, -0.2) is 13.6 Å². The molecule has 0 heterocycles. The van der Waals surface area contributed by atoms with Crippen molar-refractivity contribution >= 4 is 21.4 Å². The summed E-state index contributed by atoms with van der Waals surface area (Å²) in [6.45, 7) is 4.21. The van der Waals surface area contributed by atoms with Crippen LogP contribution >= 0.6 is 0 Å². The van der Waals surface area contributed by atoms with Crippen molar-refractivity contribution in [1.82, 2.24) is 0 Å². The molecule has 1 aromatic carbocycles. The summed E-state index contributed by atoms with van der Waals surface area (Å²) < 4.78 is 28.1. The Bertz CT molecular complexity index is 526. The maximum Gasteiger partial charge on any atom is 0.240 e. The SMILES string of the molecule is COC(C)(C)CNc1ccc(N)cc1S(N)(=O)=O. The van der Waals surface area contributed by atoms with Gasteiger partial charge in [0.2, 0.25) is 10.0 Å². The van der Waals surface area contributed by atoms with Crippen LogP contribution in [0.1, 0.15) is 13.8 Å². The molecular weight excluding hydrogens is 254 g/mol. The van der Waals surface area contributed by atoms with Gasteiger partial charge in [-0.1, -0.05) is 0 Å². The molecule has 0 fully saturated rings. The van der Waals surface area contributed by atoms with E-state index in [1.54, 1.807) is 19.2 Å². The van der Waals surface area contributed by atoms with E-state index in [2.05, 4.69) is 5.32 Å². The monoisotopic (exact) mass is 273 g/mol. The summed E-state index contributed by atoms with van der Waals surface area (Å²) in [5.74, 6) is 0. The van der Waals surface area contributed by atoms with Gasteiger partial charge in [0.25, 0.3) is 0 Å². The largest absolute Gasteiger partial charge is 0.399 e. The summed E-state index contributed by atoms with van der Waals surface area (Å²) in [5.41, 5.74) is 5.90. The lowest BCUT2D eigenvalue weighted by Crippen LogP contribution is -2.32. The molecule has 0 aromatic heterocycles. The van der Waals surface area contributed by atoms with Crippen LogP contribution in [-0.2, 0) is 14.8 Å². The molecule has 0 spiro atoms. The molecule has 0 aliphatic rings. The van der Waals surface area contributed by atoms with Crippen LogP contribution < -0.4 is 16.2 Å². The quantitative estimate of drug-likeness (QED) is 0.686. The van der Waals surface area contributed by atoms with Crippen molar-refractivity contribution in [3.05, 3.63) is 18.2 Å². The molecule has 1 rings (SSSR count). The van der Waals surface area contributed by atoms with Crippen molar-refractivity contribution in [1.29, 1.82) is 0 Å². The van der Waals surface area contributed by atoms with Crippen LogP contribution in [0.3, 0.4) is 0 Å². The van der Waals surface area contributed by atoms with E-state index >= 15 is 0 Å². The highest BCUT2D eigenvalue weighted by molar-refractivity contribution is 7.89. The smallest absolute Gasteiger partial charge is 0.240 e. The lowest BCUT2D eigenvalue weighted by atomic mass is 10.1. The van der Waals surface area contributed by atoms with E-state index in [4.69, 9.17) is 15.6 Å². The molecule has 0 saturated heterocycles. The Labute approximate surface area is 107 Å². The molecule has 0 aliphatic heterocycles. The van der Waals surface area contributed by atoms with Crippen LogP contribution in [0.2, 0.25) is 0 Å². The fraction of sp³-hybridized carbons (Fsp3) is 0.455. The van der Waals surface area contributed by atoms with E-state index in [1.807, 2.05) is 13.8 Å². The first-order valence-corrected chi connectivity index (χ1v) is 6.92. The molecule has 0 radical (unpaired) electrons. The van der Waals surface area contributed by atoms with E-state index < -0.39 is 15.6 Å². The number of hydrogen-bond donors (Lipinski definition) is 3. The van der Waals surface area contributed by atoms with Gasteiger partial charge < -0.3 is 15.8 Å². The molecule has 0 atom stereocenters. The molecule has 1 aromatic rings. The number of primary sulfonamides is 1. The first-order chi connectivity index (χ1) is 8.15. The molecule has 18 heavy (non-hydrogen) atoms. The molecule has 7 heteroatoms.